The molecule has 0 aliphatic carbocycles. The second-order valence-electron chi connectivity index (χ2n) is 7.51. The maximum absolute atomic E-state index is 12.9. The molecule has 2 amide bonds. The number of unbranched alkanes of at least 4 members (excludes halogenated alkanes) is 1. The van der Waals surface area contributed by atoms with Gasteiger partial charge >= 0.3 is 0 Å². The van der Waals surface area contributed by atoms with E-state index in [1.165, 1.54) is 0 Å². The molecule has 3 unspecified atom stereocenters. The van der Waals surface area contributed by atoms with Crippen LogP contribution in [0.15, 0.2) is 24.3 Å². The highest BCUT2D eigenvalue weighted by atomic mass is 16.5. The first-order valence-corrected chi connectivity index (χ1v) is 10.1. The highest BCUT2D eigenvalue weighted by Crippen LogP contribution is 2.39. The van der Waals surface area contributed by atoms with Crippen LogP contribution >= 0.6 is 0 Å². The summed E-state index contributed by atoms with van der Waals surface area (Å²) in [6, 6.07) is 7.88. The summed E-state index contributed by atoms with van der Waals surface area (Å²) in [5.74, 6) is 0.487. The van der Waals surface area contributed by atoms with Crippen LogP contribution in [0, 0.1) is 5.92 Å². The number of hydrogen-bond acceptors (Lipinski definition) is 4. The third kappa shape index (κ3) is 4.61. The Morgan fingerprint density at radius 3 is 2.74 bits per heavy atom. The van der Waals surface area contributed by atoms with Crippen molar-refractivity contribution in [1.82, 2.24) is 15.5 Å². The van der Waals surface area contributed by atoms with Crippen molar-refractivity contribution in [2.75, 3.05) is 26.7 Å². The number of benzene rings is 1. The molecular formula is C21H31N3O3. The van der Waals surface area contributed by atoms with Gasteiger partial charge in [0, 0.05) is 25.6 Å². The molecule has 0 aromatic heterocycles. The number of carbonyl (C=O) groups is 2. The van der Waals surface area contributed by atoms with Crippen LogP contribution in [-0.4, -0.2) is 49.5 Å². The zero-order chi connectivity index (χ0) is 19.2. The average Bonchev–Trinajstić information content (AvgIpc) is 3.32. The summed E-state index contributed by atoms with van der Waals surface area (Å²) in [7, 11) is 1.63. The van der Waals surface area contributed by atoms with Crippen molar-refractivity contribution in [3.05, 3.63) is 29.8 Å². The SMILES string of the molecule is CCCCN1C(=O)CC(C(=O)NCC2CCCN2)C1c1ccc(OC)cc1. The summed E-state index contributed by atoms with van der Waals surface area (Å²) in [6.45, 7) is 4.46. The van der Waals surface area contributed by atoms with E-state index in [-0.39, 0.29) is 30.2 Å². The largest absolute Gasteiger partial charge is 0.497 e. The smallest absolute Gasteiger partial charge is 0.226 e. The third-order valence-electron chi connectivity index (χ3n) is 5.66. The number of carbonyl (C=O) groups excluding carboxylic acids is 2. The van der Waals surface area contributed by atoms with Crippen LogP contribution in [0.4, 0.5) is 0 Å². The van der Waals surface area contributed by atoms with Gasteiger partial charge in [-0.25, -0.2) is 0 Å². The van der Waals surface area contributed by atoms with Crippen LogP contribution in [0.25, 0.3) is 0 Å². The number of rotatable bonds is 8. The summed E-state index contributed by atoms with van der Waals surface area (Å²) >= 11 is 0. The second-order valence-corrected chi connectivity index (χ2v) is 7.51. The van der Waals surface area contributed by atoms with Gasteiger partial charge in [0.15, 0.2) is 0 Å². The van der Waals surface area contributed by atoms with Crippen LogP contribution in [0.2, 0.25) is 0 Å². The van der Waals surface area contributed by atoms with Gasteiger partial charge in [0.2, 0.25) is 11.8 Å². The molecule has 1 aromatic rings. The minimum absolute atomic E-state index is 0.0168. The average molecular weight is 373 g/mol. The van der Waals surface area contributed by atoms with E-state index >= 15 is 0 Å². The van der Waals surface area contributed by atoms with Crippen LogP contribution in [-0.2, 0) is 9.59 Å². The van der Waals surface area contributed by atoms with Gasteiger partial charge in [-0.2, -0.15) is 0 Å². The molecule has 6 nitrogen and oxygen atoms in total. The first kappa shape index (κ1) is 19.7. The van der Waals surface area contributed by atoms with E-state index in [1.807, 2.05) is 29.2 Å². The molecule has 1 aromatic carbocycles. The number of nitrogens with zero attached hydrogens (tertiary/aromatic N) is 1. The Hall–Kier alpha value is -2.08. The maximum Gasteiger partial charge on any atom is 0.226 e. The number of amides is 2. The molecule has 2 fully saturated rings. The Kier molecular flexibility index (Phi) is 6.72. The lowest BCUT2D eigenvalue weighted by Gasteiger charge is -2.28. The Bertz CT molecular complexity index is 641. The van der Waals surface area contributed by atoms with E-state index in [4.69, 9.17) is 4.74 Å². The topological polar surface area (TPSA) is 70.7 Å². The maximum atomic E-state index is 12.9. The number of ether oxygens (including phenoxy) is 1. The van der Waals surface area contributed by atoms with Crippen LogP contribution in [0.3, 0.4) is 0 Å². The Balaban J connectivity index is 1.76. The fraction of sp³-hybridized carbons (Fsp3) is 0.619. The molecular weight excluding hydrogens is 342 g/mol. The summed E-state index contributed by atoms with van der Waals surface area (Å²) in [6.07, 6.45) is 4.49. The normalized spacial score (nSPS) is 25.0. The predicted octanol–water partition coefficient (Wildman–Crippen LogP) is 2.25. The lowest BCUT2D eigenvalue weighted by molar-refractivity contribution is -0.129. The first-order valence-electron chi connectivity index (χ1n) is 10.1. The quantitative estimate of drug-likeness (QED) is 0.733. The fourth-order valence-electron chi connectivity index (χ4n) is 4.12. The van der Waals surface area contributed by atoms with Gasteiger partial charge in [-0.15, -0.1) is 0 Å². The molecule has 6 heteroatoms. The number of likely N-dealkylation sites (tertiary alicyclic amines) is 1. The molecule has 0 spiro atoms. The zero-order valence-corrected chi connectivity index (χ0v) is 16.4. The minimum atomic E-state index is -0.343. The van der Waals surface area contributed by atoms with Crippen molar-refractivity contribution in [3.63, 3.8) is 0 Å². The summed E-state index contributed by atoms with van der Waals surface area (Å²) < 4.78 is 5.25. The molecule has 2 saturated heterocycles. The van der Waals surface area contributed by atoms with Crippen molar-refractivity contribution in [3.8, 4) is 5.75 Å². The van der Waals surface area contributed by atoms with Crippen LogP contribution < -0.4 is 15.4 Å². The molecule has 3 rings (SSSR count). The predicted molar refractivity (Wildman–Crippen MR) is 104 cm³/mol. The first-order chi connectivity index (χ1) is 13.1. The fourth-order valence-corrected chi connectivity index (χ4v) is 4.12. The Morgan fingerprint density at radius 2 is 2.11 bits per heavy atom. The lowest BCUT2D eigenvalue weighted by atomic mass is 9.92. The molecule has 2 aliphatic rings. The van der Waals surface area contributed by atoms with Gasteiger partial charge in [-0.05, 0) is 43.5 Å². The standard InChI is InChI=1S/C21H31N3O3/c1-3-4-12-24-19(25)13-18(21(26)23-14-16-6-5-11-22-16)20(24)15-7-9-17(27-2)10-8-15/h7-10,16,18,20,22H,3-6,11-14H2,1-2H3,(H,23,26). The van der Waals surface area contributed by atoms with Gasteiger partial charge in [-0.3, -0.25) is 9.59 Å². The number of methoxy groups -OCH3 is 1. The highest BCUT2D eigenvalue weighted by Gasteiger charge is 2.44. The zero-order valence-electron chi connectivity index (χ0n) is 16.4. The van der Waals surface area contributed by atoms with E-state index in [0.717, 1.165) is 43.5 Å². The van der Waals surface area contributed by atoms with Gasteiger partial charge in [0.1, 0.15) is 5.75 Å². The molecule has 2 N–H and O–H groups in total. The van der Waals surface area contributed by atoms with Gasteiger partial charge in [0.05, 0.1) is 19.1 Å². The van der Waals surface area contributed by atoms with Gasteiger partial charge in [-0.1, -0.05) is 25.5 Å². The van der Waals surface area contributed by atoms with Crippen molar-refractivity contribution < 1.29 is 14.3 Å². The molecule has 148 valence electrons. The van der Waals surface area contributed by atoms with Gasteiger partial charge < -0.3 is 20.3 Å². The molecule has 0 bridgehead atoms. The Labute approximate surface area is 161 Å². The van der Waals surface area contributed by atoms with Crippen molar-refractivity contribution in [1.29, 1.82) is 0 Å². The highest BCUT2D eigenvalue weighted by molar-refractivity contribution is 5.90. The minimum Gasteiger partial charge on any atom is -0.497 e. The van der Waals surface area contributed by atoms with Crippen molar-refractivity contribution in [2.45, 2.75) is 51.1 Å². The molecule has 2 heterocycles. The van der Waals surface area contributed by atoms with E-state index in [2.05, 4.69) is 17.6 Å². The lowest BCUT2D eigenvalue weighted by Crippen LogP contribution is -2.41. The monoisotopic (exact) mass is 373 g/mol. The van der Waals surface area contributed by atoms with Gasteiger partial charge in [0.25, 0.3) is 0 Å². The van der Waals surface area contributed by atoms with E-state index in [1.54, 1.807) is 7.11 Å². The number of nitrogens with one attached hydrogen (secondary N) is 2. The Morgan fingerprint density at radius 1 is 1.33 bits per heavy atom. The second kappa shape index (κ2) is 9.22. The van der Waals surface area contributed by atoms with E-state index < -0.39 is 0 Å². The summed E-state index contributed by atoms with van der Waals surface area (Å²) in [5.41, 5.74) is 0.997. The summed E-state index contributed by atoms with van der Waals surface area (Å²) in [4.78, 5) is 27.5. The van der Waals surface area contributed by atoms with E-state index in [9.17, 15) is 9.59 Å². The molecule has 0 saturated carbocycles. The molecule has 3 atom stereocenters. The third-order valence-corrected chi connectivity index (χ3v) is 5.66. The van der Waals surface area contributed by atoms with Crippen LogP contribution in [0.5, 0.6) is 5.75 Å². The van der Waals surface area contributed by atoms with Crippen molar-refractivity contribution in [2.24, 2.45) is 5.92 Å². The molecule has 2 aliphatic heterocycles. The summed E-state index contributed by atoms with van der Waals surface area (Å²) in [5, 5.41) is 6.48. The van der Waals surface area contributed by atoms with E-state index in [0.29, 0.717) is 19.1 Å². The molecule has 0 radical (unpaired) electrons. The molecule has 27 heavy (non-hydrogen) atoms. The number of hydrogen-bond donors (Lipinski definition) is 2. The van der Waals surface area contributed by atoms with Crippen LogP contribution in [0.1, 0.15) is 50.6 Å². The van der Waals surface area contributed by atoms with Crippen molar-refractivity contribution >= 4 is 11.8 Å².